The quantitative estimate of drug-likeness (QED) is 0.521. The number of hydrogen-bond acceptors (Lipinski definition) is 8. The number of amides is 1. The first-order chi connectivity index (χ1) is 11.5. The van der Waals surface area contributed by atoms with Crippen molar-refractivity contribution in [3.05, 3.63) is 25.8 Å². The minimum atomic E-state index is -0.208. The van der Waals surface area contributed by atoms with Gasteiger partial charge < -0.3 is 4.98 Å². The molecule has 0 aromatic carbocycles. The number of aromatic nitrogens is 4. The zero-order valence-electron chi connectivity index (χ0n) is 13.3. The molecule has 1 amide bonds. The van der Waals surface area contributed by atoms with Crippen LogP contribution in [-0.4, -0.2) is 31.8 Å². The average molecular weight is 382 g/mol. The van der Waals surface area contributed by atoms with Gasteiger partial charge in [-0.2, -0.15) is 0 Å². The predicted octanol–water partition coefficient (Wildman–Crippen LogP) is 2.75. The summed E-state index contributed by atoms with van der Waals surface area (Å²) < 4.78 is 0. The fourth-order valence-corrected chi connectivity index (χ4v) is 4.48. The Morgan fingerprint density at radius 3 is 2.79 bits per heavy atom. The number of thioether (sulfide) groups is 1. The molecule has 0 aliphatic rings. The molecule has 10 heteroatoms. The third-order valence-electron chi connectivity index (χ3n) is 3.37. The van der Waals surface area contributed by atoms with Gasteiger partial charge >= 0.3 is 0 Å². The summed E-state index contributed by atoms with van der Waals surface area (Å²) in [5.41, 5.74) is 0.794. The van der Waals surface area contributed by atoms with Crippen molar-refractivity contribution in [1.29, 1.82) is 0 Å². The second kappa shape index (κ2) is 6.99. The number of rotatable bonds is 5. The van der Waals surface area contributed by atoms with E-state index in [2.05, 4.69) is 25.5 Å². The first-order valence-corrected chi connectivity index (χ1v) is 9.84. The van der Waals surface area contributed by atoms with E-state index in [9.17, 15) is 9.59 Å². The van der Waals surface area contributed by atoms with Gasteiger partial charge in [0.05, 0.1) is 11.1 Å². The third kappa shape index (κ3) is 3.50. The van der Waals surface area contributed by atoms with Gasteiger partial charge in [0.1, 0.15) is 9.84 Å². The molecule has 3 rings (SSSR count). The van der Waals surface area contributed by atoms with Crippen molar-refractivity contribution in [2.75, 3.05) is 11.1 Å². The molecule has 0 saturated heterocycles. The highest BCUT2D eigenvalue weighted by molar-refractivity contribution is 7.99. The van der Waals surface area contributed by atoms with E-state index in [1.54, 1.807) is 0 Å². The number of nitrogens with one attached hydrogen (secondary N) is 2. The van der Waals surface area contributed by atoms with Gasteiger partial charge in [-0.25, -0.2) is 4.98 Å². The van der Waals surface area contributed by atoms with Crippen molar-refractivity contribution >= 4 is 55.7 Å². The fourth-order valence-electron chi connectivity index (χ4n) is 2.04. The summed E-state index contributed by atoms with van der Waals surface area (Å²) in [5, 5.41) is 13.0. The van der Waals surface area contributed by atoms with Crippen LogP contribution in [0, 0.1) is 13.8 Å². The summed E-state index contributed by atoms with van der Waals surface area (Å²) >= 11 is 4.03. The number of carbonyl (C=O) groups excluding carboxylic acids is 1. The van der Waals surface area contributed by atoms with Crippen LogP contribution in [0.4, 0.5) is 5.13 Å². The Balaban J connectivity index is 1.69. The van der Waals surface area contributed by atoms with E-state index in [-0.39, 0.29) is 17.2 Å². The number of nitrogens with zero attached hydrogens (tertiary/aromatic N) is 3. The maximum Gasteiger partial charge on any atom is 0.260 e. The smallest absolute Gasteiger partial charge is 0.260 e. The van der Waals surface area contributed by atoms with Gasteiger partial charge in [-0.3, -0.25) is 14.9 Å². The Morgan fingerprint density at radius 2 is 2.08 bits per heavy atom. The predicted molar refractivity (Wildman–Crippen MR) is 98.4 cm³/mol. The lowest BCUT2D eigenvalue weighted by atomic mass is 10.2. The fraction of sp³-hybridized carbons (Fsp3) is 0.357. The zero-order chi connectivity index (χ0) is 17.3. The van der Waals surface area contributed by atoms with Gasteiger partial charge in [-0.05, 0) is 25.8 Å². The standard InChI is InChI=1S/C14H15N5O2S3/c1-4-9-18-19-14(24-9)15-8(20)5-22-13-16-11(21)10-6(2)7(3)23-12(10)17-13/h4-5H2,1-3H3,(H,15,19,20)(H,16,17,21). The lowest BCUT2D eigenvalue weighted by molar-refractivity contribution is -0.113. The molecular weight excluding hydrogens is 366 g/mol. The lowest BCUT2D eigenvalue weighted by Gasteiger charge is -2.01. The number of aromatic amines is 1. The number of hydrogen-bond donors (Lipinski definition) is 2. The lowest BCUT2D eigenvalue weighted by Crippen LogP contribution is -2.15. The second-order valence-corrected chi connectivity index (χ2v) is 8.26. The minimum absolute atomic E-state index is 0.138. The molecule has 3 aromatic heterocycles. The summed E-state index contributed by atoms with van der Waals surface area (Å²) in [4.78, 5) is 33.1. The Morgan fingerprint density at radius 1 is 1.29 bits per heavy atom. The van der Waals surface area contributed by atoms with Gasteiger partial charge in [-0.15, -0.1) is 21.5 Å². The van der Waals surface area contributed by atoms with Gasteiger partial charge in [0, 0.05) is 4.88 Å². The Kier molecular flexibility index (Phi) is 4.97. The van der Waals surface area contributed by atoms with Gasteiger partial charge in [0.25, 0.3) is 5.56 Å². The van der Waals surface area contributed by atoms with Gasteiger partial charge in [-0.1, -0.05) is 30.0 Å². The average Bonchev–Trinajstić information content (AvgIpc) is 3.10. The first kappa shape index (κ1) is 17.1. The van der Waals surface area contributed by atoms with Crippen LogP contribution in [0.3, 0.4) is 0 Å². The number of fused-ring (bicyclic) bond motifs is 1. The molecule has 24 heavy (non-hydrogen) atoms. The van der Waals surface area contributed by atoms with Crippen LogP contribution in [0.25, 0.3) is 10.2 Å². The molecule has 0 atom stereocenters. The molecular formula is C14H15N5O2S3. The maximum atomic E-state index is 12.2. The molecule has 0 aliphatic heterocycles. The number of carbonyl (C=O) groups is 1. The van der Waals surface area contributed by atoms with Crippen LogP contribution in [0.2, 0.25) is 0 Å². The van der Waals surface area contributed by atoms with E-state index in [1.807, 2.05) is 20.8 Å². The normalized spacial score (nSPS) is 11.1. The molecule has 3 heterocycles. The van der Waals surface area contributed by atoms with Crippen LogP contribution in [0.15, 0.2) is 9.95 Å². The monoisotopic (exact) mass is 381 g/mol. The van der Waals surface area contributed by atoms with E-state index < -0.39 is 0 Å². The highest BCUT2D eigenvalue weighted by Crippen LogP contribution is 2.27. The molecule has 2 N–H and O–H groups in total. The van der Waals surface area contributed by atoms with Crippen molar-refractivity contribution in [2.24, 2.45) is 0 Å². The number of thiophene rings is 1. The van der Waals surface area contributed by atoms with E-state index in [0.29, 0.717) is 20.5 Å². The summed E-state index contributed by atoms with van der Waals surface area (Å²) in [6.45, 7) is 5.86. The van der Waals surface area contributed by atoms with Crippen LogP contribution < -0.4 is 10.9 Å². The van der Waals surface area contributed by atoms with Crippen LogP contribution in [0.5, 0.6) is 0 Å². The number of aryl methyl sites for hydroxylation is 3. The molecule has 0 spiro atoms. The Bertz CT molecular complexity index is 959. The molecule has 0 saturated carbocycles. The molecule has 0 aliphatic carbocycles. The summed E-state index contributed by atoms with van der Waals surface area (Å²) in [6.07, 6.45) is 0.785. The van der Waals surface area contributed by atoms with Gasteiger partial charge in [0.2, 0.25) is 11.0 Å². The van der Waals surface area contributed by atoms with Crippen molar-refractivity contribution in [2.45, 2.75) is 32.3 Å². The third-order valence-corrected chi connectivity index (χ3v) is 6.33. The molecule has 7 nitrogen and oxygen atoms in total. The molecule has 0 fully saturated rings. The second-order valence-electron chi connectivity index (χ2n) is 5.03. The van der Waals surface area contributed by atoms with Gasteiger partial charge in [0.15, 0.2) is 5.16 Å². The van der Waals surface area contributed by atoms with Crippen molar-refractivity contribution in [1.82, 2.24) is 20.2 Å². The van der Waals surface area contributed by atoms with Crippen LogP contribution in [-0.2, 0) is 11.2 Å². The molecule has 126 valence electrons. The summed E-state index contributed by atoms with van der Waals surface area (Å²) in [5.74, 6) is -0.0705. The van der Waals surface area contributed by atoms with Crippen molar-refractivity contribution in [3.63, 3.8) is 0 Å². The Hall–Kier alpha value is -1.78. The molecule has 0 bridgehead atoms. The molecule has 3 aromatic rings. The summed E-state index contributed by atoms with van der Waals surface area (Å²) in [7, 11) is 0. The van der Waals surface area contributed by atoms with Crippen LogP contribution in [0.1, 0.15) is 22.4 Å². The topological polar surface area (TPSA) is 101 Å². The van der Waals surface area contributed by atoms with Crippen LogP contribution >= 0.6 is 34.4 Å². The largest absolute Gasteiger partial charge is 0.301 e. The first-order valence-electron chi connectivity index (χ1n) is 7.23. The van der Waals surface area contributed by atoms with Crippen molar-refractivity contribution in [3.8, 4) is 0 Å². The molecule has 0 radical (unpaired) electrons. The highest BCUT2D eigenvalue weighted by Gasteiger charge is 2.13. The SMILES string of the molecule is CCc1nnc(NC(=O)CSc2nc3sc(C)c(C)c3c(=O)[nH]2)s1. The number of anilines is 1. The molecule has 0 unspecified atom stereocenters. The van der Waals surface area contributed by atoms with E-state index >= 15 is 0 Å². The number of H-pyrrole nitrogens is 1. The van der Waals surface area contributed by atoms with E-state index in [4.69, 9.17) is 0 Å². The minimum Gasteiger partial charge on any atom is -0.301 e. The highest BCUT2D eigenvalue weighted by atomic mass is 32.2. The van der Waals surface area contributed by atoms with Crippen molar-refractivity contribution < 1.29 is 4.79 Å². The van der Waals surface area contributed by atoms with E-state index in [0.717, 1.165) is 21.9 Å². The zero-order valence-corrected chi connectivity index (χ0v) is 15.7. The van der Waals surface area contributed by atoms with E-state index in [1.165, 1.54) is 34.4 Å². The Labute approximate surface area is 149 Å². The summed E-state index contributed by atoms with van der Waals surface area (Å²) in [6, 6.07) is 0. The maximum absolute atomic E-state index is 12.2.